The average molecular weight is 264 g/mol. The minimum atomic E-state index is 0.0134. The first-order chi connectivity index (χ1) is 9.19. The van der Waals surface area contributed by atoms with Crippen LogP contribution >= 0.6 is 0 Å². The molecule has 0 bridgehead atoms. The van der Waals surface area contributed by atoms with Gasteiger partial charge in [0.2, 0.25) is 0 Å². The molecule has 19 heavy (non-hydrogen) atoms. The Hall–Kier alpha value is -1.26. The van der Waals surface area contributed by atoms with Gasteiger partial charge in [-0.05, 0) is 31.3 Å². The lowest BCUT2D eigenvalue weighted by molar-refractivity contribution is 0.144. The highest BCUT2D eigenvalue weighted by atomic mass is 16.5. The minimum Gasteiger partial charge on any atom is -0.497 e. The van der Waals surface area contributed by atoms with Gasteiger partial charge in [0.25, 0.3) is 0 Å². The summed E-state index contributed by atoms with van der Waals surface area (Å²) in [7, 11) is 1.67. The Bertz CT molecular complexity index is 419. The molecule has 0 saturated carbocycles. The normalized spacial score (nSPS) is 21.9. The third-order valence-electron chi connectivity index (χ3n) is 3.92. The van der Waals surface area contributed by atoms with Gasteiger partial charge in [-0.3, -0.25) is 0 Å². The number of hydrogen-bond acceptors (Lipinski definition) is 4. The largest absolute Gasteiger partial charge is 0.497 e. The molecule has 0 saturated heterocycles. The topological polar surface area (TPSA) is 47.7 Å². The molecule has 0 spiro atoms. The maximum absolute atomic E-state index is 6.41. The first-order valence-corrected chi connectivity index (χ1v) is 6.98. The zero-order valence-electron chi connectivity index (χ0n) is 12.1. The lowest BCUT2D eigenvalue weighted by Gasteiger charge is -2.34. The van der Waals surface area contributed by atoms with E-state index in [0.717, 1.165) is 36.7 Å². The number of rotatable bonds is 5. The van der Waals surface area contributed by atoms with Crippen molar-refractivity contribution in [1.29, 1.82) is 0 Å². The van der Waals surface area contributed by atoms with Crippen LogP contribution in [0.1, 0.15) is 25.5 Å². The zero-order valence-corrected chi connectivity index (χ0v) is 12.1. The first kappa shape index (κ1) is 14.2. The van der Waals surface area contributed by atoms with E-state index in [1.54, 1.807) is 7.11 Å². The molecule has 2 N–H and O–H groups in total. The molecule has 106 valence electrons. The summed E-state index contributed by atoms with van der Waals surface area (Å²) < 4.78 is 11.1. The van der Waals surface area contributed by atoms with Gasteiger partial charge in [0.1, 0.15) is 11.5 Å². The molecule has 1 aliphatic rings. The quantitative estimate of drug-likeness (QED) is 0.884. The third-order valence-corrected chi connectivity index (χ3v) is 3.92. The van der Waals surface area contributed by atoms with Crippen molar-refractivity contribution in [3.63, 3.8) is 0 Å². The van der Waals surface area contributed by atoms with E-state index in [0.29, 0.717) is 12.5 Å². The monoisotopic (exact) mass is 264 g/mol. The van der Waals surface area contributed by atoms with Crippen LogP contribution in [-0.2, 0) is 0 Å². The molecule has 2 rings (SSSR count). The van der Waals surface area contributed by atoms with Crippen LogP contribution in [0, 0.1) is 5.92 Å². The van der Waals surface area contributed by atoms with Crippen LogP contribution in [0.2, 0.25) is 0 Å². The van der Waals surface area contributed by atoms with Crippen LogP contribution in [0.3, 0.4) is 0 Å². The molecular formula is C15H24N2O2. The molecule has 4 nitrogen and oxygen atoms in total. The van der Waals surface area contributed by atoms with Crippen LogP contribution in [0.15, 0.2) is 18.2 Å². The second kappa shape index (κ2) is 6.26. The number of methoxy groups -OCH3 is 1. The Morgan fingerprint density at radius 2 is 2.11 bits per heavy atom. The standard InChI is InChI=1S/C15H24N2O2/c1-4-17(5-2)9-11-10-19-14-7-6-12(18-3)8-13(14)15(11)16/h6-8,11,15H,4-5,9-10,16H2,1-3H3. The molecule has 1 aromatic carbocycles. The van der Waals surface area contributed by atoms with Crippen molar-refractivity contribution in [2.75, 3.05) is 33.4 Å². The number of nitrogens with zero attached hydrogens (tertiary/aromatic N) is 1. The van der Waals surface area contributed by atoms with Gasteiger partial charge in [0, 0.05) is 24.1 Å². The van der Waals surface area contributed by atoms with Crippen LogP contribution < -0.4 is 15.2 Å². The van der Waals surface area contributed by atoms with E-state index < -0.39 is 0 Å². The van der Waals surface area contributed by atoms with Crippen LogP contribution in [0.4, 0.5) is 0 Å². The summed E-state index contributed by atoms with van der Waals surface area (Å²) in [5, 5.41) is 0. The van der Waals surface area contributed by atoms with Crippen molar-refractivity contribution in [2.24, 2.45) is 11.7 Å². The van der Waals surface area contributed by atoms with Gasteiger partial charge in [0.05, 0.1) is 13.7 Å². The van der Waals surface area contributed by atoms with E-state index in [1.807, 2.05) is 18.2 Å². The molecule has 2 unspecified atom stereocenters. The summed E-state index contributed by atoms with van der Waals surface area (Å²) in [6.45, 7) is 8.11. The van der Waals surface area contributed by atoms with Crippen molar-refractivity contribution in [1.82, 2.24) is 4.90 Å². The Morgan fingerprint density at radius 3 is 2.74 bits per heavy atom. The van der Waals surface area contributed by atoms with Crippen LogP contribution in [-0.4, -0.2) is 38.3 Å². The zero-order chi connectivity index (χ0) is 13.8. The number of fused-ring (bicyclic) bond motifs is 1. The Balaban J connectivity index is 2.15. The average Bonchev–Trinajstić information content (AvgIpc) is 2.46. The lowest BCUT2D eigenvalue weighted by Crippen LogP contribution is -2.40. The smallest absolute Gasteiger partial charge is 0.124 e. The van der Waals surface area contributed by atoms with E-state index >= 15 is 0 Å². The number of benzene rings is 1. The van der Waals surface area contributed by atoms with Crippen molar-refractivity contribution in [3.05, 3.63) is 23.8 Å². The molecule has 1 aromatic rings. The predicted octanol–water partition coefficient (Wildman–Crippen LogP) is 2.05. The van der Waals surface area contributed by atoms with E-state index in [2.05, 4.69) is 18.7 Å². The SMILES string of the molecule is CCN(CC)CC1COc2ccc(OC)cc2C1N. The third kappa shape index (κ3) is 3.01. The summed E-state index contributed by atoms with van der Waals surface area (Å²) >= 11 is 0. The molecular weight excluding hydrogens is 240 g/mol. The fourth-order valence-corrected chi connectivity index (χ4v) is 2.58. The Labute approximate surface area is 115 Å². The van der Waals surface area contributed by atoms with Crippen molar-refractivity contribution in [3.8, 4) is 11.5 Å². The minimum absolute atomic E-state index is 0.0134. The Morgan fingerprint density at radius 1 is 1.37 bits per heavy atom. The number of nitrogens with two attached hydrogens (primary N) is 1. The molecule has 0 radical (unpaired) electrons. The first-order valence-electron chi connectivity index (χ1n) is 6.98. The lowest BCUT2D eigenvalue weighted by atomic mass is 9.90. The van der Waals surface area contributed by atoms with E-state index in [4.69, 9.17) is 15.2 Å². The summed E-state index contributed by atoms with van der Waals surface area (Å²) in [4.78, 5) is 2.39. The van der Waals surface area contributed by atoms with Crippen LogP contribution in [0.5, 0.6) is 11.5 Å². The molecule has 0 aromatic heterocycles. The highest BCUT2D eigenvalue weighted by Gasteiger charge is 2.29. The summed E-state index contributed by atoms with van der Waals surface area (Å²) in [5.41, 5.74) is 7.47. The van der Waals surface area contributed by atoms with Gasteiger partial charge in [-0.15, -0.1) is 0 Å². The molecule has 1 heterocycles. The van der Waals surface area contributed by atoms with Gasteiger partial charge in [0.15, 0.2) is 0 Å². The molecule has 2 atom stereocenters. The summed E-state index contributed by atoms with van der Waals surface area (Å²) in [6, 6.07) is 5.87. The summed E-state index contributed by atoms with van der Waals surface area (Å²) in [5.74, 6) is 2.06. The fraction of sp³-hybridized carbons (Fsp3) is 0.600. The van der Waals surface area contributed by atoms with Crippen molar-refractivity contribution in [2.45, 2.75) is 19.9 Å². The highest BCUT2D eigenvalue weighted by molar-refractivity contribution is 5.43. The second-order valence-corrected chi connectivity index (χ2v) is 4.99. The van der Waals surface area contributed by atoms with Gasteiger partial charge in [-0.1, -0.05) is 13.8 Å². The van der Waals surface area contributed by atoms with E-state index in [9.17, 15) is 0 Å². The second-order valence-electron chi connectivity index (χ2n) is 4.99. The maximum Gasteiger partial charge on any atom is 0.124 e. The number of ether oxygens (including phenoxy) is 2. The molecule has 1 aliphatic heterocycles. The van der Waals surface area contributed by atoms with Gasteiger partial charge in [-0.25, -0.2) is 0 Å². The van der Waals surface area contributed by atoms with Gasteiger partial charge in [-0.2, -0.15) is 0 Å². The van der Waals surface area contributed by atoms with Gasteiger partial charge >= 0.3 is 0 Å². The van der Waals surface area contributed by atoms with Crippen LogP contribution in [0.25, 0.3) is 0 Å². The predicted molar refractivity (Wildman–Crippen MR) is 76.7 cm³/mol. The van der Waals surface area contributed by atoms with Crippen molar-refractivity contribution < 1.29 is 9.47 Å². The molecule has 0 aliphatic carbocycles. The fourth-order valence-electron chi connectivity index (χ4n) is 2.58. The van der Waals surface area contributed by atoms with E-state index in [1.165, 1.54) is 0 Å². The highest BCUT2D eigenvalue weighted by Crippen LogP contribution is 2.36. The maximum atomic E-state index is 6.41. The number of hydrogen-bond donors (Lipinski definition) is 1. The Kier molecular flexibility index (Phi) is 4.66. The molecule has 0 fully saturated rings. The molecule has 4 heteroatoms. The van der Waals surface area contributed by atoms with E-state index in [-0.39, 0.29) is 6.04 Å². The summed E-state index contributed by atoms with van der Waals surface area (Å²) in [6.07, 6.45) is 0. The van der Waals surface area contributed by atoms with Gasteiger partial charge < -0.3 is 20.1 Å². The molecule has 0 amide bonds. The van der Waals surface area contributed by atoms with Crippen molar-refractivity contribution >= 4 is 0 Å².